The molecule has 1 fully saturated rings. The van der Waals surface area contributed by atoms with Gasteiger partial charge >= 0.3 is 0 Å². The molecule has 0 radical (unpaired) electrons. The van der Waals surface area contributed by atoms with Gasteiger partial charge in [-0.05, 0) is 67.9 Å². The predicted octanol–water partition coefficient (Wildman–Crippen LogP) is 5.18. The van der Waals surface area contributed by atoms with Crippen LogP contribution in [0.5, 0.6) is 0 Å². The predicted molar refractivity (Wildman–Crippen MR) is 111 cm³/mol. The van der Waals surface area contributed by atoms with Crippen LogP contribution in [0, 0.1) is 5.82 Å². The van der Waals surface area contributed by atoms with Gasteiger partial charge in [-0.25, -0.2) is 4.39 Å². The van der Waals surface area contributed by atoms with Crippen molar-refractivity contribution in [3.63, 3.8) is 0 Å². The normalized spacial score (nSPS) is 19.6. The zero-order valence-corrected chi connectivity index (χ0v) is 16.5. The fourth-order valence-electron chi connectivity index (χ4n) is 4.34. The molecule has 148 valence electrons. The lowest BCUT2D eigenvalue weighted by atomic mass is 9.92. The van der Waals surface area contributed by atoms with E-state index < -0.39 is 5.82 Å². The Hall–Kier alpha value is -2.56. The van der Waals surface area contributed by atoms with E-state index in [1.165, 1.54) is 36.6 Å². The topological polar surface area (TPSA) is 35.6 Å². The van der Waals surface area contributed by atoms with E-state index >= 15 is 0 Å². The van der Waals surface area contributed by atoms with Crippen molar-refractivity contribution in [1.82, 2.24) is 5.01 Å². The molecular weight excluding hydrogens is 353 g/mol. The Morgan fingerprint density at radius 3 is 2.64 bits per heavy atom. The van der Waals surface area contributed by atoms with Crippen LogP contribution in [0.25, 0.3) is 0 Å². The number of carbonyl (C=O) groups is 1. The fraction of sp³-hybridized carbons (Fsp3) is 0.435. The number of hydrazine groups is 1. The highest BCUT2D eigenvalue weighted by molar-refractivity contribution is 5.95. The van der Waals surface area contributed by atoms with Crippen molar-refractivity contribution >= 4 is 17.3 Å². The third-order valence-electron chi connectivity index (χ3n) is 6.00. The number of halogens is 1. The molecule has 4 nitrogen and oxygen atoms in total. The highest BCUT2D eigenvalue weighted by atomic mass is 19.1. The zero-order chi connectivity index (χ0) is 19.5. The van der Waals surface area contributed by atoms with Gasteiger partial charge in [0.25, 0.3) is 5.91 Å². The van der Waals surface area contributed by atoms with Crippen LogP contribution in [-0.2, 0) is 0 Å². The highest BCUT2D eigenvalue weighted by Gasteiger charge is 2.26. The lowest BCUT2D eigenvalue weighted by molar-refractivity contribution is 0.0787. The Morgan fingerprint density at radius 1 is 1.11 bits per heavy atom. The summed E-state index contributed by atoms with van der Waals surface area (Å²) in [5.74, 6) is -0.409. The van der Waals surface area contributed by atoms with Gasteiger partial charge in [0.1, 0.15) is 5.82 Å². The molecular formula is C23H28FN3O. The summed E-state index contributed by atoms with van der Waals surface area (Å²) in [5.41, 5.74) is 6.84. The largest absolute Gasteiger partial charge is 0.371 e. The number of nitrogens with zero attached hydrogens (tertiary/aromatic N) is 2. The highest BCUT2D eigenvalue weighted by Crippen LogP contribution is 2.36. The van der Waals surface area contributed by atoms with Gasteiger partial charge in [-0.3, -0.25) is 15.2 Å². The summed E-state index contributed by atoms with van der Waals surface area (Å²) in [6.07, 6.45) is 5.61. The minimum atomic E-state index is -0.479. The second kappa shape index (κ2) is 8.21. The molecule has 5 heteroatoms. The van der Waals surface area contributed by atoms with E-state index in [0.29, 0.717) is 12.5 Å². The first-order chi connectivity index (χ1) is 13.7. The van der Waals surface area contributed by atoms with Crippen LogP contribution in [0.1, 0.15) is 60.9 Å². The Kier molecular flexibility index (Phi) is 5.51. The van der Waals surface area contributed by atoms with Crippen LogP contribution in [0.4, 0.5) is 15.8 Å². The number of amides is 1. The summed E-state index contributed by atoms with van der Waals surface area (Å²) in [7, 11) is 0. The molecule has 0 saturated carbocycles. The minimum Gasteiger partial charge on any atom is -0.371 e. The van der Waals surface area contributed by atoms with Crippen LogP contribution in [0.2, 0.25) is 0 Å². The molecule has 1 unspecified atom stereocenters. The zero-order valence-electron chi connectivity index (χ0n) is 16.5. The van der Waals surface area contributed by atoms with Gasteiger partial charge in [-0.2, -0.15) is 0 Å². The van der Waals surface area contributed by atoms with Crippen molar-refractivity contribution in [3.05, 3.63) is 59.4 Å². The number of benzene rings is 2. The van der Waals surface area contributed by atoms with Gasteiger partial charge in [-0.1, -0.05) is 25.1 Å². The maximum atomic E-state index is 14.2. The maximum absolute atomic E-state index is 14.2. The molecule has 1 amide bonds. The third-order valence-corrected chi connectivity index (χ3v) is 6.00. The first-order valence-electron chi connectivity index (χ1n) is 10.4. The summed E-state index contributed by atoms with van der Waals surface area (Å²) in [5, 5.41) is 1.58. The van der Waals surface area contributed by atoms with Crippen LogP contribution in [0.3, 0.4) is 0 Å². The average molecular weight is 381 g/mol. The smallest absolute Gasteiger partial charge is 0.275 e. The first kappa shape index (κ1) is 18.8. The number of rotatable bonds is 3. The summed E-state index contributed by atoms with van der Waals surface area (Å²) in [4.78, 5) is 15.4. The van der Waals surface area contributed by atoms with Crippen molar-refractivity contribution in [2.75, 3.05) is 30.0 Å². The van der Waals surface area contributed by atoms with Crippen molar-refractivity contribution < 1.29 is 9.18 Å². The van der Waals surface area contributed by atoms with Gasteiger partial charge in [0, 0.05) is 25.3 Å². The van der Waals surface area contributed by atoms with Crippen molar-refractivity contribution in [1.29, 1.82) is 0 Å². The Labute approximate surface area is 166 Å². The number of anilines is 2. The second-order valence-corrected chi connectivity index (χ2v) is 7.76. The molecule has 2 aromatic rings. The van der Waals surface area contributed by atoms with E-state index in [0.717, 1.165) is 31.6 Å². The van der Waals surface area contributed by atoms with Crippen molar-refractivity contribution in [2.24, 2.45) is 0 Å². The third kappa shape index (κ3) is 3.71. The van der Waals surface area contributed by atoms with Gasteiger partial charge in [-0.15, -0.1) is 0 Å². The molecule has 1 saturated heterocycles. The second-order valence-electron chi connectivity index (χ2n) is 7.76. The lowest BCUT2D eigenvalue weighted by Crippen LogP contribution is -2.37. The Bertz CT molecular complexity index is 847. The summed E-state index contributed by atoms with van der Waals surface area (Å²) in [6.45, 7) is 4.89. The Morgan fingerprint density at radius 2 is 1.89 bits per heavy atom. The maximum Gasteiger partial charge on any atom is 0.275 e. The molecule has 2 aliphatic heterocycles. The molecule has 0 aliphatic carbocycles. The Balaban J connectivity index is 1.64. The van der Waals surface area contributed by atoms with E-state index in [9.17, 15) is 9.18 Å². The van der Waals surface area contributed by atoms with Crippen LogP contribution < -0.4 is 10.3 Å². The van der Waals surface area contributed by atoms with Gasteiger partial charge in [0.05, 0.1) is 11.3 Å². The number of fused-ring (bicyclic) bond motifs is 1. The van der Waals surface area contributed by atoms with Crippen LogP contribution in [0.15, 0.2) is 42.5 Å². The number of piperidine rings is 1. The SMILES string of the molecule is CCC1CCN(C(=O)c2ccccc2F)Nc2cc(N3CCCCC3)ccc21. The van der Waals surface area contributed by atoms with E-state index in [1.807, 2.05) is 0 Å². The molecule has 0 aromatic heterocycles. The van der Waals surface area contributed by atoms with Crippen LogP contribution >= 0.6 is 0 Å². The molecule has 2 heterocycles. The van der Waals surface area contributed by atoms with E-state index in [1.54, 1.807) is 23.2 Å². The number of hydrogen-bond donors (Lipinski definition) is 1. The average Bonchev–Trinajstić information content (AvgIpc) is 2.93. The molecule has 1 N–H and O–H groups in total. The van der Waals surface area contributed by atoms with Gasteiger partial charge in [0.15, 0.2) is 0 Å². The van der Waals surface area contributed by atoms with Crippen LogP contribution in [-0.4, -0.2) is 30.6 Å². The molecule has 2 aliphatic rings. The number of hydrogen-bond acceptors (Lipinski definition) is 3. The fourth-order valence-corrected chi connectivity index (χ4v) is 4.34. The standard InChI is InChI=1S/C23H28FN3O/c1-2-17-12-15-27(23(28)20-8-4-5-9-21(20)24)25-22-16-18(10-11-19(17)22)26-13-6-3-7-14-26/h4-5,8-11,16-17,25H,2-3,6-7,12-15H2,1H3. The molecule has 2 aromatic carbocycles. The minimum absolute atomic E-state index is 0.110. The summed E-state index contributed by atoms with van der Waals surface area (Å²) >= 11 is 0. The monoisotopic (exact) mass is 381 g/mol. The van der Waals surface area contributed by atoms with Crippen molar-refractivity contribution in [2.45, 2.75) is 44.9 Å². The van der Waals surface area contributed by atoms with Crippen molar-refractivity contribution in [3.8, 4) is 0 Å². The first-order valence-corrected chi connectivity index (χ1v) is 10.4. The quantitative estimate of drug-likeness (QED) is 0.795. The number of carbonyl (C=O) groups excluding carboxylic acids is 1. The molecule has 0 bridgehead atoms. The van der Waals surface area contributed by atoms with Gasteiger partial charge < -0.3 is 4.90 Å². The molecule has 0 spiro atoms. The molecule has 28 heavy (non-hydrogen) atoms. The van der Waals surface area contributed by atoms with E-state index in [2.05, 4.69) is 35.4 Å². The van der Waals surface area contributed by atoms with E-state index in [4.69, 9.17) is 0 Å². The summed E-state index contributed by atoms with van der Waals surface area (Å²) < 4.78 is 14.2. The van der Waals surface area contributed by atoms with E-state index in [-0.39, 0.29) is 11.5 Å². The molecule has 4 rings (SSSR count). The number of nitrogens with one attached hydrogen (secondary N) is 1. The van der Waals surface area contributed by atoms with Gasteiger partial charge in [0.2, 0.25) is 0 Å². The lowest BCUT2D eigenvalue weighted by Gasteiger charge is -2.30. The summed E-state index contributed by atoms with van der Waals surface area (Å²) in [6, 6.07) is 12.8. The molecule has 1 atom stereocenters.